The van der Waals surface area contributed by atoms with E-state index in [0.717, 1.165) is 18.5 Å². The fraction of sp³-hybridized carbons (Fsp3) is 0.545. The molecule has 0 radical (unpaired) electrons. The summed E-state index contributed by atoms with van der Waals surface area (Å²) in [6, 6.07) is 3.36. The lowest BCUT2D eigenvalue weighted by Crippen LogP contribution is -2.42. The number of hydrogen-bond donors (Lipinski definition) is 2. The number of nitrogens with zero attached hydrogens (tertiary/aromatic N) is 1. The molecular formula is C11H14Cl2N2O. The van der Waals surface area contributed by atoms with Crippen molar-refractivity contribution in [3.8, 4) is 0 Å². The maximum Gasteiger partial charge on any atom is 0.135 e. The molecule has 0 unspecified atom stereocenters. The number of piperidine rings is 1. The van der Waals surface area contributed by atoms with Crippen molar-refractivity contribution in [1.29, 1.82) is 0 Å². The molecule has 1 saturated heterocycles. The first-order valence-electron chi connectivity index (χ1n) is 5.33. The van der Waals surface area contributed by atoms with Crippen molar-refractivity contribution >= 4 is 23.2 Å². The Hall–Kier alpha value is -0.350. The summed E-state index contributed by atoms with van der Waals surface area (Å²) in [4.78, 5) is 3.99. The zero-order valence-electron chi connectivity index (χ0n) is 8.95. The van der Waals surface area contributed by atoms with E-state index in [-0.39, 0.29) is 12.0 Å². The van der Waals surface area contributed by atoms with Gasteiger partial charge in [-0.3, -0.25) is 0 Å². The summed E-state index contributed by atoms with van der Waals surface area (Å²) in [5.41, 5.74) is 0.810. The Morgan fingerprint density at radius 3 is 2.88 bits per heavy atom. The van der Waals surface area contributed by atoms with Crippen LogP contribution in [-0.4, -0.2) is 22.7 Å². The lowest BCUT2D eigenvalue weighted by molar-refractivity contribution is 0.0497. The Balaban J connectivity index is 2.29. The molecule has 3 atom stereocenters. The number of halogens is 2. The van der Waals surface area contributed by atoms with Crippen molar-refractivity contribution in [2.24, 2.45) is 5.92 Å². The second-order valence-corrected chi connectivity index (χ2v) is 4.95. The number of rotatable bonds is 1. The second-order valence-electron chi connectivity index (χ2n) is 4.20. The minimum atomic E-state index is -0.436. The summed E-state index contributed by atoms with van der Waals surface area (Å²) >= 11 is 11.8. The van der Waals surface area contributed by atoms with Crippen LogP contribution in [0.25, 0.3) is 0 Å². The lowest BCUT2D eigenvalue weighted by Gasteiger charge is -2.34. The van der Waals surface area contributed by atoms with Gasteiger partial charge in [0.05, 0.1) is 12.1 Å². The Labute approximate surface area is 105 Å². The van der Waals surface area contributed by atoms with Crippen molar-refractivity contribution in [1.82, 2.24) is 10.3 Å². The molecule has 2 N–H and O–H groups in total. The fourth-order valence-corrected chi connectivity index (χ4v) is 2.50. The van der Waals surface area contributed by atoms with Crippen LogP contribution in [0.2, 0.25) is 10.3 Å². The molecule has 1 aliphatic rings. The molecule has 1 aromatic heterocycles. The minimum Gasteiger partial charge on any atom is -0.391 e. The summed E-state index contributed by atoms with van der Waals surface area (Å²) in [6.07, 6.45) is 0.533. The average molecular weight is 261 g/mol. The topological polar surface area (TPSA) is 45.2 Å². The van der Waals surface area contributed by atoms with Crippen molar-refractivity contribution in [3.63, 3.8) is 0 Å². The molecule has 5 heteroatoms. The Bertz CT molecular complexity index is 386. The van der Waals surface area contributed by atoms with Gasteiger partial charge < -0.3 is 10.4 Å². The van der Waals surface area contributed by atoms with Gasteiger partial charge in [0.25, 0.3) is 0 Å². The lowest BCUT2D eigenvalue weighted by atomic mass is 9.87. The van der Waals surface area contributed by atoms with Gasteiger partial charge >= 0.3 is 0 Å². The van der Waals surface area contributed by atoms with Crippen LogP contribution in [0, 0.1) is 5.92 Å². The molecule has 0 amide bonds. The molecule has 0 aromatic carbocycles. The van der Waals surface area contributed by atoms with E-state index >= 15 is 0 Å². The molecule has 1 aliphatic heterocycles. The van der Waals surface area contributed by atoms with Crippen molar-refractivity contribution < 1.29 is 5.11 Å². The van der Waals surface area contributed by atoms with Gasteiger partial charge in [0.15, 0.2) is 0 Å². The molecule has 0 saturated carbocycles. The highest BCUT2D eigenvalue weighted by molar-refractivity contribution is 6.32. The van der Waals surface area contributed by atoms with E-state index in [1.807, 2.05) is 13.0 Å². The molecular weight excluding hydrogens is 247 g/mol. The van der Waals surface area contributed by atoms with E-state index in [2.05, 4.69) is 10.3 Å². The summed E-state index contributed by atoms with van der Waals surface area (Å²) in [5.74, 6) is 0.262. The second kappa shape index (κ2) is 4.88. The maximum atomic E-state index is 10.1. The predicted molar refractivity (Wildman–Crippen MR) is 64.8 cm³/mol. The molecule has 2 heterocycles. The van der Waals surface area contributed by atoms with Crippen molar-refractivity contribution in [3.05, 3.63) is 28.0 Å². The minimum absolute atomic E-state index is 0.152. The Morgan fingerprint density at radius 2 is 2.19 bits per heavy atom. The fourth-order valence-electron chi connectivity index (χ4n) is 2.04. The monoisotopic (exact) mass is 260 g/mol. The molecule has 1 fully saturated rings. The summed E-state index contributed by atoms with van der Waals surface area (Å²) in [5, 5.41) is 14.1. The number of aliphatic hydroxyl groups is 1. The Morgan fingerprint density at radius 1 is 1.44 bits per heavy atom. The van der Waals surface area contributed by atoms with Gasteiger partial charge in [-0.15, -0.1) is 0 Å². The molecule has 16 heavy (non-hydrogen) atoms. The summed E-state index contributed by atoms with van der Waals surface area (Å²) in [6.45, 7) is 2.91. The van der Waals surface area contributed by atoms with Gasteiger partial charge in [-0.25, -0.2) is 4.98 Å². The first-order chi connectivity index (χ1) is 7.59. The van der Waals surface area contributed by atoms with E-state index in [1.165, 1.54) is 0 Å². The maximum absolute atomic E-state index is 10.1. The standard InChI is InChI=1S/C11H14Cl2N2O/c1-6-4-5-14-9(10(6)16)7-2-3-8(12)15-11(7)13/h2-3,6,9-10,14,16H,4-5H2,1H3/t6-,9+,10+/m1/s1. The zero-order chi connectivity index (χ0) is 11.7. The zero-order valence-corrected chi connectivity index (χ0v) is 10.5. The van der Waals surface area contributed by atoms with Gasteiger partial charge in [0.1, 0.15) is 10.3 Å². The highest BCUT2D eigenvalue weighted by Gasteiger charge is 2.31. The van der Waals surface area contributed by atoms with Crippen LogP contribution in [0.5, 0.6) is 0 Å². The quantitative estimate of drug-likeness (QED) is 0.763. The van der Waals surface area contributed by atoms with Crippen LogP contribution in [-0.2, 0) is 0 Å². The smallest absolute Gasteiger partial charge is 0.135 e. The van der Waals surface area contributed by atoms with Gasteiger partial charge in [-0.2, -0.15) is 0 Å². The molecule has 1 aromatic rings. The van der Waals surface area contributed by atoms with Crippen molar-refractivity contribution in [2.45, 2.75) is 25.5 Å². The average Bonchev–Trinajstić information content (AvgIpc) is 2.23. The van der Waals surface area contributed by atoms with Crippen LogP contribution >= 0.6 is 23.2 Å². The molecule has 0 spiro atoms. The van der Waals surface area contributed by atoms with Crippen LogP contribution in [0.1, 0.15) is 24.9 Å². The van der Waals surface area contributed by atoms with E-state index in [0.29, 0.717) is 10.3 Å². The SMILES string of the molecule is C[C@@H]1CCN[C@@H](c2ccc(Cl)nc2Cl)[C@H]1O. The van der Waals surface area contributed by atoms with Crippen LogP contribution in [0.3, 0.4) is 0 Å². The molecule has 2 rings (SSSR count). The van der Waals surface area contributed by atoms with Crippen LogP contribution in [0.4, 0.5) is 0 Å². The summed E-state index contributed by atoms with van der Waals surface area (Å²) in [7, 11) is 0. The van der Waals surface area contributed by atoms with E-state index in [4.69, 9.17) is 23.2 Å². The molecule has 88 valence electrons. The molecule has 0 bridgehead atoms. The third-order valence-electron chi connectivity index (χ3n) is 3.07. The first-order valence-corrected chi connectivity index (χ1v) is 6.08. The predicted octanol–water partition coefficient (Wildman–Crippen LogP) is 2.42. The van der Waals surface area contributed by atoms with Crippen LogP contribution < -0.4 is 5.32 Å². The highest BCUT2D eigenvalue weighted by atomic mass is 35.5. The number of nitrogens with one attached hydrogen (secondary N) is 1. The number of hydrogen-bond acceptors (Lipinski definition) is 3. The number of aliphatic hydroxyl groups excluding tert-OH is 1. The largest absolute Gasteiger partial charge is 0.391 e. The van der Waals surface area contributed by atoms with Gasteiger partial charge in [0, 0.05) is 5.56 Å². The van der Waals surface area contributed by atoms with Crippen molar-refractivity contribution in [2.75, 3.05) is 6.54 Å². The third-order valence-corrected chi connectivity index (χ3v) is 3.58. The van der Waals surface area contributed by atoms with E-state index < -0.39 is 6.10 Å². The van der Waals surface area contributed by atoms with Gasteiger partial charge in [-0.1, -0.05) is 36.2 Å². The number of aromatic nitrogens is 1. The highest BCUT2D eigenvalue weighted by Crippen LogP contribution is 2.31. The van der Waals surface area contributed by atoms with Gasteiger partial charge in [0.2, 0.25) is 0 Å². The normalized spacial score (nSPS) is 30.4. The third kappa shape index (κ3) is 2.33. The molecule has 0 aliphatic carbocycles. The Kier molecular flexibility index (Phi) is 3.70. The summed E-state index contributed by atoms with van der Waals surface area (Å²) < 4.78 is 0. The van der Waals surface area contributed by atoms with E-state index in [9.17, 15) is 5.11 Å². The van der Waals surface area contributed by atoms with E-state index in [1.54, 1.807) is 6.07 Å². The number of pyridine rings is 1. The van der Waals surface area contributed by atoms with Gasteiger partial charge in [-0.05, 0) is 24.9 Å². The van der Waals surface area contributed by atoms with Crippen LogP contribution in [0.15, 0.2) is 12.1 Å². The first kappa shape index (κ1) is 12.1. The molecule has 3 nitrogen and oxygen atoms in total.